The summed E-state index contributed by atoms with van der Waals surface area (Å²) >= 11 is 0. The number of unbranched alkanes of at least 4 members (excludes halogenated alkanes) is 2. The van der Waals surface area contributed by atoms with Crippen LogP contribution in [-0.4, -0.2) is 17.4 Å². The minimum atomic E-state index is 0.102. The highest BCUT2D eigenvalue weighted by atomic mass is 16.4. The minimum Gasteiger partial charge on any atom is -0.431 e. The summed E-state index contributed by atoms with van der Waals surface area (Å²) < 4.78 is 5.32. The van der Waals surface area contributed by atoms with E-state index in [0.717, 1.165) is 31.4 Å². The predicted molar refractivity (Wildman–Crippen MR) is 68.0 cm³/mol. The molecule has 0 fully saturated rings. The summed E-state index contributed by atoms with van der Waals surface area (Å²) in [6, 6.07) is 0.442. The third kappa shape index (κ3) is 4.21. The molecule has 4 heteroatoms. The van der Waals surface area contributed by atoms with Gasteiger partial charge in [-0.1, -0.05) is 26.7 Å². The van der Waals surface area contributed by atoms with E-state index in [1.165, 1.54) is 0 Å². The number of carbonyl (C=O) groups is 1. The van der Waals surface area contributed by atoms with Gasteiger partial charge in [-0.05, 0) is 19.8 Å². The van der Waals surface area contributed by atoms with Crippen LogP contribution in [0.1, 0.15) is 51.6 Å². The molecule has 0 radical (unpaired) electrons. The van der Waals surface area contributed by atoms with Crippen molar-refractivity contribution in [2.24, 2.45) is 0 Å². The van der Waals surface area contributed by atoms with Gasteiger partial charge in [0, 0.05) is 13.0 Å². The van der Waals surface area contributed by atoms with Crippen molar-refractivity contribution in [1.82, 2.24) is 4.98 Å². The maximum atomic E-state index is 12.0. The summed E-state index contributed by atoms with van der Waals surface area (Å²) in [6.07, 6.45) is 6.24. The monoisotopic (exact) mass is 238 g/mol. The SMILES string of the molecule is CCCCCN(C(=O)CCC)c1nc(C)co1. The summed E-state index contributed by atoms with van der Waals surface area (Å²) in [5, 5.41) is 0. The fourth-order valence-electron chi connectivity index (χ4n) is 1.66. The molecule has 0 aliphatic heterocycles. The number of rotatable bonds is 7. The Hall–Kier alpha value is -1.32. The first-order valence-electron chi connectivity index (χ1n) is 6.41. The van der Waals surface area contributed by atoms with Gasteiger partial charge in [0.05, 0.1) is 5.69 Å². The molecule has 0 saturated heterocycles. The average Bonchev–Trinajstić information content (AvgIpc) is 2.71. The number of amides is 1. The number of aryl methyl sites for hydroxylation is 1. The quantitative estimate of drug-likeness (QED) is 0.685. The highest BCUT2D eigenvalue weighted by molar-refractivity contribution is 5.91. The summed E-state index contributed by atoms with van der Waals surface area (Å²) in [7, 11) is 0. The molecule has 0 spiro atoms. The van der Waals surface area contributed by atoms with Crippen molar-refractivity contribution in [3.8, 4) is 0 Å². The topological polar surface area (TPSA) is 46.3 Å². The number of oxazole rings is 1. The second kappa shape index (κ2) is 7.09. The van der Waals surface area contributed by atoms with Crippen LogP contribution in [0.2, 0.25) is 0 Å². The first-order valence-corrected chi connectivity index (χ1v) is 6.41. The maximum Gasteiger partial charge on any atom is 0.304 e. The Morgan fingerprint density at radius 3 is 2.65 bits per heavy atom. The molecule has 0 aliphatic rings. The lowest BCUT2D eigenvalue weighted by atomic mass is 10.2. The Labute approximate surface area is 103 Å². The van der Waals surface area contributed by atoms with Crippen molar-refractivity contribution >= 4 is 11.9 Å². The second-order valence-electron chi connectivity index (χ2n) is 4.27. The molecule has 4 nitrogen and oxygen atoms in total. The van der Waals surface area contributed by atoms with E-state index in [4.69, 9.17) is 4.42 Å². The number of hydrogen-bond donors (Lipinski definition) is 0. The molecule has 1 amide bonds. The number of hydrogen-bond acceptors (Lipinski definition) is 3. The summed E-state index contributed by atoms with van der Waals surface area (Å²) in [6.45, 7) is 6.71. The average molecular weight is 238 g/mol. The summed E-state index contributed by atoms with van der Waals surface area (Å²) in [4.78, 5) is 17.9. The molecule has 1 rings (SSSR count). The Kier molecular flexibility index (Phi) is 5.73. The van der Waals surface area contributed by atoms with Gasteiger partial charge in [-0.2, -0.15) is 4.98 Å². The molecule has 1 aromatic rings. The van der Waals surface area contributed by atoms with E-state index < -0.39 is 0 Å². The highest BCUT2D eigenvalue weighted by Gasteiger charge is 2.18. The minimum absolute atomic E-state index is 0.102. The van der Waals surface area contributed by atoms with Crippen LogP contribution in [0.4, 0.5) is 6.01 Å². The highest BCUT2D eigenvalue weighted by Crippen LogP contribution is 2.16. The second-order valence-corrected chi connectivity index (χ2v) is 4.27. The zero-order valence-electron chi connectivity index (χ0n) is 11.0. The fraction of sp³-hybridized carbons (Fsp3) is 0.692. The van der Waals surface area contributed by atoms with Crippen LogP contribution in [0.15, 0.2) is 10.7 Å². The lowest BCUT2D eigenvalue weighted by Gasteiger charge is -2.18. The normalized spacial score (nSPS) is 10.5. The molecule has 0 N–H and O–H groups in total. The van der Waals surface area contributed by atoms with Crippen LogP contribution < -0.4 is 4.90 Å². The Morgan fingerprint density at radius 2 is 2.12 bits per heavy atom. The Morgan fingerprint density at radius 1 is 1.35 bits per heavy atom. The molecular weight excluding hydrogens is 216 g/mol. The first-order chi connectivity index (χ1) is 8.19. The summed E-state index contributed by atoms with van der Waals surface area (Å²) in [5.74, 6) is 0.102. The molecule has 0 aliphatic carbocycles. The zero-order chi connectivity index (χ0) is 12.7. The third-order valence-corrected chi connectivity index (χ3v) is 2.59. The molecule has 1 heterocycles. The molecule has 0 unspecified atom stereocenters. The number of aromatic nitrogens is 1. The van der Waals surface area contributed by atoms with E-state index in [2.05, 4.69) is 11.9 Å². The number of anilines is 1. The van der Waals surface area contributed by atoms with Gasteiger partial charge in [-0.15, -0.1) is 0 Å². The van der Waals surface area contributed by atoms with Crippen LogP contribution in [0.25, 0.3) is 0 Å². The van der Waals surface area contributed by atoms with E-state index in [1.54, 1.807) is 11.2 Å². The van der Waals surface area contributed by atoms with Crippen molar-refractivity contribution in [3.05, 3.63) is 12.0 Å². The molecule has 17 heavy (non-hydrogen) atoms. The van der Waals surface area contributed by atoms with Gasteiger partial charge in [-0.3, -0.25) is 9.69 Å². The van der Waals surface area contributed by atoms with Gasteiger partial charge in [0.2, 0.25) is 5.91 Å². The molecule has 0 bridgehead atoms. The largest absolute Gasteiger partial charge is 0.431 e. The van der Waals surface area contributed by atoms with E-state index in [9.17, 15) is 4.79 Å². The van der Waals surface area contributed by atoms with Gasteiger partial charge in [0.25, 0.3) is 0 Å². The van der Waals surface area contributed by atoms with Gasteiger partial charge in [0.15, 0.2) is 0 Å². The summed E-state index contributed by atoms with van der Waals surface area (Å²) in [5.41, 5.74) is 0.810. The van der Waals surface area contributed by atoms with Crippen molar-refractivity contribution in [2.75, 3.05) is 11.4 Å². The van der Waals surface area contributed by atoms with E-state index in [1.807, 2.05) is 13.8 Å². The Bertz CT molecular complexity index is 347. The van der Waals surface area contributed by atoms with Crippen LogP contribution in [-0.2, 0) is 4.79 Å². The number of nitrogens with zero attached hydrogens (tertiary/aromatic N) is 2. The van der Waals surface area contributed by atoms with Crippen LogP contribution in [0.5, 0.6) is 0 Å². The molecule has 1 aromatic heterocycles. The van der Waals surface area contributed by atoms with Gasteiger partial charge in [0.1, 0.15) is 6.26 Å². The van der Waals surface area contributed by atoms with Crippen LogP contribution in [0, 0.1) is 6.92 Å². The predicted octanol–water partition coefficient (Wildman–Crippen LogP) is 3.31. The van der Waals surface area contributed by atoms with Crippen molar-refractivity contribution in [1.29, 1.82) is 0 Å². The molecule has 0 atom stereocenters. The fourth-order valence-corrected chi connectivity index (χ4v) is 1.66. The molecular formula is C13H22N2O2. The van der Waals surface area contributed by atoms with E-state index in [0.29, 0.717) is 19.0 Å². The lowest BCUT2D eigenvalue weighted by molar-refractivity contribution is -0.118. The standard InChI is InChI=1S/C13H22N2O2/c1-4-6-7-9-15(12(16)8-5-2)13-14-11(3)10-17-13/h10H,4-9H2,1-3H3. The first kappa shape index (κ1) is 13.7. The van der Waals surface area contributed by atoms with E-state index >= 15 is 0 Å². The van der Waals surface area contributed by atoms with Gasteiger partial charge < -0.3 is 4.42 Å². The van der Waals surface area contributed by atoms with Gasteiger partial charge in [-0.25, -0.2) is 0 Å². The van der Waals surface area contributed by atoms with Crippen molar-refractivity contribution in [3.63, 3.8) is 0 Å². The van der Waals surface area contributed by atoms with Gasteiger partial charge >= 0.3 is 6.01 Å². The smallest absolute Gasteiger partial charge is 0.304 e. The Balaban J connectivity index is 2.68. The maximum absolute atomic E-state index is 12.0. The van der Waals surface area contributed by atoms with E-state index in [-0.39, 0.29) is 5.91 Å². The van der Waals surface area contributed by atoms with Crippen LogP contribution >= 0.6 is 0 Å². The third-order valence-electron chi connectivity index (χ3n) is 2.59. The van der Waals surface area contributed by atoms with Crippen molar-refractivity contribution < 1.29 is 9.21 Å². The van der Waals surface area contributed by atoms with Crippen molar-refractivity contribution in [2.45, 2.75) is 52.9 Å². The van der Waals surface area contributed by atoms with Crippen LogP contribution in [0.3, 0.4) is 0 Å². The molecule has 0 aromatic carbocycles. The molecule has 96 valence electrons. The lowest BCUT2D eigenvalue weighted by Crippen LogP contribution is -2.31. The zero-order valence-corrected chi connectivity index (χ0v) is 11.0. The number of carbonyl (C=O) groups excluding carboxylic acids is 1. The molecule has 0 saturated carbocycles.